The number of benzene rings is 1. The molecule has 6 heteroatoms. The molecule has 1 aromatic rings. The molecule has 0 aromatic heterocycles. The molecule has 1 aromatic carbocycles. The van der Waals surface area contributed by atoms with Gasteiger partial charge in [-0.25, -0.2) is 0 Å². The maximum atomic E-state index is 13.0. The first kappa shape index (κ1) is 16.1. The monoisotopic (exact) mass is 316 g/mol. The minimum atomic E-state index is -4.44. The van der Waals surface area contributed by atoms with E-state index >= 15 is 0 Å². The largest absolute Gasteiger partial charge is 0.417 e. The van der Waals surface area contributed by atoms with Crippen LogP contribution in [-0.4, -0.2) is 18.1 Å². The summed E-state index contributed by atoms with van der Waals surface area (Å²) in [6.45, 7) is 6.04. The summed E-state index contributed by atoms with van der Waals surface area (Å²) in [7, 11) is 0. The van der Waals surface area contributed by atoms with Crippen molar-refractivity contribution >= 4 is 22.9 Å². The zero-order chi connectivity index (χ0) is 15.8. The van der Waals surface area contributed by atoms with Crippen LogP contribution in [0, 0.1) is 11.8 Å². The van der Waals surface area contributed by atoms with Crippen LogP contribution >= 0.6 is 12.2 Å². The van der Waals surface area contributed by atoms with Gasteiger partial charge in [-0.05, 0) is 36.5 Å². The number of anilines is 1. The fraction of sp³-hybridized carbons (Fsp3) is 0.533. The Kier molecular flexibility index (Phi) is 4.46. The second-order valence-electron chi connectivity index (χ2n) is 5.78. The zero-order valence-corrected chi connectivity index (χ0v) is 12.9. The molecule has 0 saturated carbocycles. The molecule has 2 unspecified atom stereocenters. The predicted octanol–water partition coefficient (Wildman–Crippen LogP) is 3.82. The average Bonchev–Trinajstić information content (AvgIpc) is 2.40. The summed E-state index contributed by atoms with van der Waals surface area (Å²) in [6.07, 6.45) is -3.41. The van der Waals surface area contributed by atoms with E-state index in [1.54, 1.807) is 0 Å². The smallest absolute Gasteiger partial charge is 0.389 e. The maximum absolute atomic E-state index is 13.0. The molecule has 1 heterocycles. The summed E-state index contributed by atoms with van der Waals surface area (Å²) in [5, 5.41) is 0. The summed E-state index contributed by atoms with van der Waals surface area (Å²) in [6, 6.07) is 4.05. The van der Waals surface area contributed by atoms with Crippen LogP contribution in [0.25, 0.3) is 0 Å². The molecule has 0 amide bonds. The SMILES string of the molecule is CC1CCN(c2ccc(C(F)(F)F)c(C(N)=S)c2)CC1C. The van der Waals surface area contributed by atoms with E-state index in [1.165, 1.54) is 12.1 Å². The van der Waals surface area contributed by atoms with E-state index in [2.05, 4.69) is 18.7 Å². The van der Waals surface area contributed by atoms with E-state index < -0.39 is 11.7 Å². The Morgan fingerprint density at radius 1 is 1.29 bits per heavy atom. The van der Waals surface area contributed by atoms with Crippen LogP contribution in [0.3, 0.4) is 0 Å². The van der Waals surface area contributed by atoms with Gasteiger partial charge in [-0.3, -0.25) is 0 Å². The molecule has 2 nitrogen and oxygen atoms in total. The molecule has 0 radical (unpaired) electrons. The lowest BCUT2D eigenvalue weighted by Crippen LogP contribution is -2.38. The van der Waals surface area contributed by atoms with E-state index in [0.29, 0.717) is 11.8 Å². The van der Waals surface area contributed by atoms with Crippen molar-refractivity contribution in [1.29, 1.82) is 0 Å². The number of thiocarbonyl (C=S) groups is 1. The Balaban J connectivity index is 2.35. The molecule has 21 heavy (non-hydrogen) atoms. The Morgan fingerprint density at radius 3 is 2.48 bits per heavy atom. The van der Waals surface area contributed by atoms with Gasteiger partial charge in [-0.1, -0.05) is 26.1 Å². The molecular formula is C15H19F3N2S. The summed E-state index contributed by atoms with van der Waals surface area (Å²) in [5.74, 6) is 1.14. The number of halogens is 3. The van der Waals surface area contributed by atoms with Crippen molar-refractivity contribution in [3.05, 3.63) is 29.3 Å². The molecule has 0 bridgehead atoms. The number of piperidine rings is 1. The lowest BCUT2D eigenvalue weighted by molar-refractivity contribution is -0.137. The van der Waals surface area contributed by atoms with Gasteiger partial charge < -0.3 is 10.6 Å². The molecule has 1 fully saturated rings. The minimum Gasteiger partial charge on any atom is -0.389 e. The number of nitrogens with zero attached hydrogens (tertiary/aromatic N) is 1. The Hall–Kier alpha value is -1.30. The second-order valence-corrected chi connectivity index (χ2v) is 6.22. The van der Waals surface area contributed by atoms with E-state index in [-0.39, 0.29) is 10.6 Å². The predicted molar refractivity (Wildman–Crippen MR) is 82.5 cm³/mol. The van der Waals surface area contributed by atoms with Crippen LogP contribution in [0.15, 0.2) is 18.2 Å². The first-order chi connectivity index (χ1) is 9.70. The normalized spacial score (nSPS) is 23.2. The molecule has 2 N–H and O–H groups in total. The van der Waals surface area contributed by atoms with Gasteiger partial charge in [0.15, 0.2) is 0 Å². The third-order valence-corrected chi connectivity index (χ3v) is 4.49. The molecule has 2 rings (SSSR count). The van der Waals surface area contributed by atoms with Gasteiger partial charge in [0.1, 0.15) is 4.99 Å². The van der Waals surface area contributed by atoms with Crippen LogP contribution in [0.1, 0.15) is 31.4 Å². The van der Waals surface area contributed by atoms with Gasteiger partial charge in [-0.15, -0.1) is 0 Å². The van der Waals surface area contributed by atoms with Crippen molar-refractivity contribution in [3.63, 3.8) is 0 Å². The quantitative estimate of drug-likeness (QED) is 0.841. The van der Waals surface area contributed by atoms with Gasteiger partial charge in [-0.2, -0.15) is 13.2 Å². The van der Waals surface area contributed by atoms with Crippen molar-refractivity contribution < 1.29 is 13.2 Å². The fourth-order valence-electron chi connectivity index (χ4n) is 2.68. The highest BCUT2D eigenvalue weighted by molar-refractivity contribution is 7.80. The fourth-order valence-corrected chi connectivity index (χ4v) is 2.85. The van der Waals surface area contributed by atoms with Crippen molar-refractivity contribution in [3.8, 4) is 0 Å². The molecule has 1 saturated heterocycles. The summed E-state index contributed by atoms with van der Waals surface area (Å²) in [4.78, 5) is 1.88. The average molecular weight is 316 g/mol. The molecule has 0 spiro atoms. The molecule has 116 valence electrons. The highest BCUT2D eigenvalue weighted by atomic mass is 32.1. The van der Waals surface area contributed by atoms with Crippen LogP contribution in [0.4, 0.5) is 18.9 Å². The number of alkyl halides is 3. The second kappa shape index (κ2) is 5.83. The van der Waals surface area contributed by atoms with E-state index in [0.717, 1.165) is 31.3 Å². The Morgan fingerprint density at radius 2 is 1.95 bits per heavy atom. The number of nitrogens with two attached hydrogens (primary N) is 1. The molecular weight excluding hydrogens is 297 g/mol. The summed E-state index contributed by atoms with van der Waals surface area (Å²) in [5.41, 5.74) is 5.36. The van der Waals surface area contributed by atoms with E-state index in [1.807, 2.05) is 0 Å². The number of hydrogen-bond donors (Lipinski definition) is 1. The molecule has 1 aliphatic rings. The topological polar surface area (TPSA) is 29.3 Å². The first-order valence-electron chi connectivity index (χ1n) is 6.96. The standard InChI is InChI=1S/C15H19F3N2S/c1-9-5-6-20(8-10(9)2)11-3-4-13(15(16,17)18)12(7-11)14(19)21/h3-4,7,9-10H,5-6,8H2,1-2H3,(H2,19,21). The zero-order valence-electron chi connectivity index (χ0n) is 12.1. The number of rotatable bonds is 2. The highest BCUT2D eigenvalue weighted by Crippen LogP contribution is 2.35. The van der Waals surface area contributed by atoms with Crippen molar-refractivity contribution in [2.24, 2.45) is 17.6 Å². The van der Waals surface area contributed by atoms with E-state index in [9.17, 15) is 13.2 Å². The maximum Gasteiger partial charge on any atom is 0.417 e. The van der Waals surface area contributed by atoms with Gasteiger partial charge in [0, 0.05) is 24.3 Å². The van der Waals surface area contributed by atoms with Crippen molar-refractivity contribution in [2.45, 2.75) is 26.4 Å². The van der Waals surface area contributed by atoms with E-state index in [4.69, 9.17) is 18.0 Å². The minimum absolute atomic E-state index is 0.0960. The van der Waals surface area contributed by atoms with Gasteiger partial charge >= 0.3 is 6.18 Å². The van der Waals surface area contributed by atoms with Crippen molar-refractivity contribution in [1.82, 2.24) is 0 Å². The third kappa shape index (κ3) is 3.48. The highest BCUT2D eigenvalue weighted by Gasteiger charge is 2.34. The Bertz CT molecular complexity index is 542. The van der Waals surface area contributed by atoms with Gasteiger partial charge in [0.2, 0.25) is 0 Å². The Labute approximate surface area is 128 Å². The summed E-state index contributed by atoms with van der Waals surface area (Å²) < 4.78 is 38.9. The van der Waals surface area contributed by atoms with Crippen LogP contribution in [0.2, 0.25) is 0 Å². The van der Waals surface area contributed by atoms with Crippen LogP contribution < -0.4 is 10.6 Å². The van der Waals surface area contributed by atoms with Crippen molar-refractivity contribution in [2.75, 3.05) is 18.0 Å². The van der Waals surface area contributed by atoms with Crippen LogP contribution in [0.5, 0.6) is 0 Å². The molecule has 2 atom stereocenters. The first-order valence-corrected chi connectivity index (χ1v) is 7.37. The van der Waals surface area contributed by atoms with Gasteiger partial charge in [0.25, 0.3) is 0 Å². The number of hydrogen-bond acceptors (Lipinski definition) is 2. The lowest BCUT2D eigenvalue weighted by Gasteiger charge is -2.37. The van der Waals surface area contributed by atoms with Crippen LogP contribution in [-0.2, 0) is 6.18 Å². The third-order valence-electron chi connectivity index (χ3n) is 4.27. The summed E-state index contributed by atoms with van der Waals surface area (Å²) >= 11 is 4.78. The molecule has 0 aliphatic carbocycles. The molecule has 1 aliphatic heterocycles. The van der Waals surface area contributed by atoms with Gasteiger partial charge in [0.05, 0.1) is 5.56 Å². The lowest BCUT2D eigenvalue weighted by atomic mass is 9.88.